The fourth-order valence-corrected chi connectivity index (χ4v) is 5.56. The Morgan fingerprint density at radius 2 is 1.64 bits per heavy atom. The van der Waals surface area contributed by atoms with Gasteiger partial charge in [-0.25, -0.2) is 0 Å². The Bertz CT molecular complexity index is 746. The third kappa shape index (κ3) is 2.97. The van der Waals surface area contributed by atoms with E-state index in [1.807, 2.05) is 0 Å². The molecule has 4 nitrogen and oxygen atoms in total. The number of hydrogen-bond donors (Lipinski definition) is 0. The highest BCUT2D eigenvalue weighted by molar-refractivity contribution is 6.62. The van der Waals surface area contributed by atoms with Gasteiger partial charge in [0.2, 0.25) is 0 Å². The van der Waals surface area contributed by atoms with Crippen molar-refractivity contribution in [2.45, 2.75) is 70.6 Å². The largest absolute Gasteiger partial charge is 0.494 e. The van der Waals surface area contributed by atoms with Gasteiger partial charge in [-0.15, -0.1) is 0 Å². The maximum atomic E-state index is 6.26. The first-order valence-electron chi connectivity index (χ1n) is 11.1. The molecule has 0 saturated carbocycles. The summed E-state index contributed by atoms with van der Waals surface area (Å²) >= 11 is 0. The van der Waals surface area contributed by atoms with E-state index in [2.05, 4.69) is 62.7 Å². The predicted molar refractivity (Wildman–Crippen MR) is 114 cm³/mol. The van der Waals surface area contributed by atoms with Crippen LogP contribution >= 0.6 is 0 Å². The molecule has 5 heteroatoms. The Labute approximate surface area is 170 Å². The lowest BCUT2D eigenvalue weighted by molar-refractivity contribution is -0.0667. The summed E-state index contributed by atoms with van der Waals surface area (Å²) in [7, 11) is 2.01. The second kappa shape index (κ2) is 6.31. The maximum Gasteiger partial charge on any atom is 0.494 e. The van der Waals surface area contributed by atoms with Gasteiger partial charge in [0.15, 0.2) is 0 Å². The average Bonchev–Trinajstić information content (AvgIpc) is 3.11. The average molecular weight is 382 g/mol. The van der Waals surface area contributed by atoms with Gasteiger partial charge in [-0.05, 0) is 95.5 Å². The number of benzene rings is 1. The van der Waals surface area contributed by atoms with Gasteiger partial charge < -0.3 is 14.2 Å². The number of piperidine rings is 1. The van der Waals surface area contributed by atoms with Crippen LogP contribution in [0.1, 0.15) is 64.1 Å². The quantitative estimate of drug-likeness (QED) is 0.735. The molecular weight excluding hydrogens is 347 g/mol. The maximum absolute atomic E-state index is 6.26. The number of nitrogens with zero attached hydrogens (tertiary/aromatic N) is 2. The third-order valence-corrected chi connectivity index (χ3v) is 8.30. The van der Waals surface area contributed by atoms with Crippen molar-refractivity contribution < 1.29 is 9.31 Å². The van der Waals surface area contributed by atoms with E-state index in [1.165, 1.54) is 62.9 Å². The van der Waals surface area contributed by atoms with Crippen molar-refractivity contribution in [3.05, 3.63) is 29.3 Å². The molecule has 3 aliphatic heterocycles. The van der Waals surface area contributed by atoms with Crippen LogP contribution in [0, 0.1) is 5.41 Å². The van der Waals surface area contributed by atoms with Gasteiger partial charge in [-0.1, -0.05) is 18.2 Å². The highest BCUT2D eigenvalue weighted by Crippen LogP contribution is 2.47. The third-order valence-electron chi connectivity index (χ3n) is 8.30. The summed E-state index contributed by atoms with van der Waals surface area (Å²) in [6.45, 7) is 13.6. The van der Waals surface area contributed by atoms with E-state index in [4.69, 9.17) is 9.31 Å². The van der Waals surface area contributed by atoms with E-state index < -0.39 is 0 Å². The zero-order valence-corrected chi connectivity index (χ0v) is 18.3. The molecule has 3 heterocycles. The summed E-state index contributed by atoms with van der Waals surface area (Å²) < 4.78 is 12.5. The van der Waals surface area contributed by atoms with Crippen LogP contribution in [0.5, 0.6) is 0 Å². The molecule has 0 N–H and O–H groups in total. The van der Waals surface area contributed by atoms with Gasteiger partial charge >= 0.3 is 7.12 Å². The fraction of sp³-hybridized carbons (Fsp3) is 0.739. The van der Waals surface area contributed by atoms with Crippen LogP contribution in [-0.2, 0) is 15.7 Å². The Morgan fingerprint density at radius 1 is 1.00 bits per heavy atom. The SMILES string of the molecule is CN1CCC2(CC1)CN(C1CCc3cc(B4OC(C)(C)C(C)(C)O4)ccc31)C2. The van der Waals surface area contributed by atoms with Crippen molar-refractivity contribution in [1.29, 1.82) is 0 Å². The Hall–Kier alpha value is -0.875. The van der Waals surface area contributed by atoms with Crippen molar-refractivity contribution in [2.75, 3.05) is 33.2 Å². The zero-order valence-electron chi connectivity index (χ0n) is 18.3. The molecule has 28 heavy (non-hydrogen) atoms. The van der Waals surface area contributed by atoms with Crippen LogP contribution in [0.15, 0.2) is 18.2 Å². The fourth-order valence-electron chi connectivity index (χ4n) is 5.56. The summed E-state index contributed by atoms with van der Waals surface area (Å²) in [5.74, 6) is 0. The van der Waals surface area contributed by atoms with Crippen molar-refractivity contribution in [3.8, 4) is 0 Å². The van der Waals surface area contributed by atoms with E-state index in [-0.39, 0.29) is 18.3 Å². The minimum atomic E-state index is -0.279. The first kappa shape index (κ1) is 19.1. The van der Waals surface area contributed by atoms with Gasteiger partial charge in [0, 0.05) is 19.1 Å². The topological polar surface area (TPSA) is 24.9 Å². The number of rotatable bonds is 2. The van der Waals surface area contributed by atoms with Crippen LogP contribution in [0.4, 0.5) is 0 Å². The molecule has 1 aliphatic carbocycles. The summed E-state index contributed by atoms with van der Waals surface area (Å²) in [5.41, 5.74) is 4.27. The molecule has 0 aromatic heterocycles. The lowest BCUT2D eigenvalue weighted by atomic mass is 9.71. The highest BCUT2D eigenvalue weighted by Gasteiger charge is 2.52. The van der Waals surface area contributed by atoms with Gasteiger partial charge in [0.25, 0.3) is 0 Å². The van der Waals surface area contributed by atoms with Crippen molar-refractivity contribution in [1.82, 2.24) is 9.80 Å². The molecule has 4 aliphatic rings. The van der Waals surface area contributed by atoms with Crippen LogP contribution in [0.25, 0.3) is 0 Å². The molecule has 3 fully saturated rings. The molecule has 1 unspecified atom stereocenters. The lowest BCUT2D eigenvalue weighted by Gasteiger charge is -2.56. The Balaban J connectivity index is 1.28. The molecule has 1 spiro atoms. The molecule has 0 radical (unpaired) electrons. The van der Waals surface area contributed by atoms with Crippen LogP contribution in [-0.4, -0.2) is 61.3 Å². The number of hydrogen-bond acceptors (Lipinski definition) is 4. The molecule has 5 rings (SSSR count). The molecule has 1 aromatic rings. The van der Waals surface area contributed by atoms with E-state index in [1.54, 1.807) is 5.56 Å². The van der Waals surface area contributed by atoms with Crippen molar-refractivity contribution in [3.63, 3.8) is 0 Å². The highest BCUT2D eigenvalue weighted by atomic mass is 16.7. The number of aryl methyl sites for hydroxylation is 1. The molecule has 0 amide bonds. The zero-order chi connectivity index (χ0) is 19.7. The van der Waals surface area contributed by atoms with Crippen molar-refractivity contribution in [2.24, 2.45) is 5.41 Å². The Morgan fingerprint density at radius 3 is 2.29 bits per heavy atom. The van der Waals surface area contributed by atoms with Gasteiger partial charge in [0.1, 0.15) is 0 Å². The van der Waals surface area contributed by atoms with E-state index in [0.717, 1.165) is 0 Å². The molecule has 152 valence electrons. The summed E-state index contributed by atoms with van der Waals surface area (Å²) in [6, 6.07) is 7.56. The summed E-state index contributed by atoms with van der Waals surface area (Å²) in [4.78, 5) is 5.22. The second-order valence-corrected chi connectivity index (χ2v) is 10.8. The van der Waals surface area contributed by atoms with Crippen LogP contribution in [0.3, 0.4) is 0 Å². The monoisotopic (exact) mass is 382 g/mol. The van der Waals surface area contributed by atoms with Gasteiger partial charge in [-0.2, -0.15) is 0 Å². The standard InChI is InChI=1S/C23H35BN2O2/c1-21(2)22(3,4)28-24(27-21)18-7-8-19-17(14-18)6-9-20(19)26-15-23(16-26)10-12-25(5)13-11-23/h7-8,14,20H,6,9-13,15-16H2,1-5H3. The minimum absolute atomic E-state index is 0.249. The van der Waals surface area contributed by atoms with E-state index >= 15 is 0 Å². The van der Waals surface area contributed by atoms with E-state index in [0.29, 0.717) is 11.5 Å². The molecule has 0 bridgehead atoms. The summed E-state index contributed by atoms with van der Waals surface area (Å²) in [5, 5.41) is 0. The molecule has 1 atom stereocenters. The first-order chi connectivity index (χ1) is 13.2. The molecular formula is C23H35BN2O2. The summed E-state index contributed by atoms with van der Waals surface area (Å²) in [6.07, 6.45) is 5.19. The van der Waals surface area contributed by atoms with Crippen molar-refractivity contribution >= 4 is 12.6 Å². The smallest absolute Gasteiger partial charge is 0.399 e. The lowest BCUT2D eigenvalue weighted by Crippen LogP contribution is -2.60. The van der Waals surface area contributed by atoms with Gasteiger partial charge in [0.05, 0.1) is 11.2 Å². The normalized spacial score (nSPS) is 31.2. The van der Waals surface area contributed by atoms with Gasteiger partial charge in [-0.3, -0.25) is 4.90 Å². The number of fused-ring (bicyclic) bond motifs is 1. The predicted octanol–water partition coefficient (Wildman–Crippen LogP) is 3.00. The van der Waals surface area contributed by atoms with Crippen LogP contribution < -0.4 is 5.46 Å². The first-order valence-corrected chi connectivity index (χ1v) is 11.1. The molecule has 3 saturated heterocycles. The Kier molecular flexibility index (Phi) is 4.31. The van der Waals surface area contributed by atoms with Crippen LogP contribution in [0.2, 0.25) is 0 Å². The number of likely N-dealkylation sites (tertiary alicyclic amines) is 2. The minimum Gasteiger partial charge on any atom is -0.399 e. The molecule has 1 aromatic carbocycles. The van der Waals surface area contributed by atoms with E-state index in [9.17, 15) is 0 Å². The second-order valence-electron chi connectivity index (χ2n) is 10.8.